The summed E-state index contributed by atoms with van der Waals surface area (Å²) in [6, 6.07) is 0. The molecule has 0 aliphatic carbocycles. The number of aromatic nitrogens is 1. The number of hydrogen-bond acceptors (Lipinski definition) is 4. The molecule has 0 saturated carbocycles. The van der Waals surface area contributed by atoms with Gasteiger partial charge in [-0.3, -0.25) is 0 Å². The van der Waals surface area contributed by atoms with Crippen molar-refractivity contribution in [2.24, 2.45) is 7.05 Å². The molecule has 5 heteroatoms. The number of nitrogens with zero attached hydrogens (tertiary/aromatic N) is 1. The summed E-state index contributed by atoms with van der Waals surface area (Å²) in [6.45, 7) is 1.71. The monoisotopic (exact) mass is 188 g/mol. The van der Waals surface area contributed by atoms with E-state index >= 15 is 0 Å². The molecule has 0 aliphatic heterocycles. The molecule has 0 aliphatic rings. The molecular weight excluding hydrogens is 182 g/mol. The van der Waals surface area contributed by atoms with Crippen molar-refractivity contribution in [1.29, 1.82) is 0 Å². The van der Waals surface area contributed by atoms with Crippen LogP contribution in [0.3, 0.4) is 0 Å². The number of thiazole rings is 1. The first kappa shape index (κ1) is 8.42. The smallest absolute Gasteiger partial charge is 0.161 e. The van der Waals surface area contributed by atoms with Crippen LogP contribution >= 0.6 is 23.6 Å². The molecule has 0 N–H and O–H groups in total. The van der Waals surface area contributed by atoms with Crippen molar-refractivity contribution in [3.8, 4) is 0 Å². The fourth-order valence-electron chi connectivity index (χ4n) is 0.708. The van der Waals surface area contributed by atoms with Gasteiger partial charge in [0, 0.05) is 12.7 Å². The molecule has 0 unspecified atom stereocenters. The number of hydrogen-bond donors (Lipinski definition) is 0. The second-order valence-corrected chi connectivity index (χ2v) is 3.77. The Morgan fingerprint density at radius 1 is 1.73 bits per heavy atom. The molecular formula is C6H6NO2S2-. The van der Waals surface area contributed by atoms with E-state index in [4.69, 9.17) is 12.2 Å². The van der Waals surface area contributed by atoms with Crippen molar-refractivity contribution in [2.75, 3.05) is 0 Å². The number of carboxylic acids is 1. The van der Waals surface area contributed by atoms with Crippen LogP contribution in [0.5, 0.6) is 0 Å². The average Bonchev–Trinajstić information content (AvgIpc) is 2.17. The van der Waals surface area contributed by atoms with E-state index in [1.165, 1.54) is 0 Å². The highest BCUT2D eigenvalue weighted by molar-refractivity contribution is 7.73. The zero-order chi connectivity index (χ0) is 8.59. The maximum absolute atomic E-state index is 10.4. The fraction of sp³-hybridized carbons (Fsp3) is 0.333. The van der Waals surface area contributed by atoms with Gasteiger partial charge < -0.3 is 14.5 Å². The molecule has 11 heavy (non-hydrogen) atoms. The Kier molecular flexibility index (Phi) is 2.10. The van der Waals surface area contributed by atoms with Crippen LogP contribution in [-0.2, 0) is 7.05 Å². The Balaban J connectivity index is 3.42. The summed E-state index contributed by atoms with van der Waals surface area (Å²) in [6.07, 6.45) is 0. The van der Waals surface area contributed by atoms with E-state index in [9.17, 15) is 9.90 Å². The Hall–Kier alpha value is -0.680. The number of rotatable bonds is 1. The van der Waals surface area contributed by atoms with Gasteiger partial charge in [0.05, 0.1) is 10.8 Å². The lowest BCUT2D eigenvalue weighted by Gasteiger charge is -1.99. The zero-order valence-corrected chi connectivity index (χ0v) is 7.71. The van der Waals surface area contributed by atoms with Crippen molar-refractivity contribution in [3.05, 3.63) is 14.5 Å². The van der Waals surface area contributed by atoms with E-state index in [-0.39, 0.29) is 4.88 Å². The molecule has 0 atom stereocenters. The summed E-state index contributed by atoms with van der Waals surface area (Å²) < 4.78 is 2.22. The molecule has 1 aromatic heterocycles. The summed E-state index contributed by atoms with van der Waals surface area (Å²) in [5.74, 6) is -1.15. The van der Waals surface area contributed by atoms with Crippen LogP contribution < -0.4 is 5.11 Å². The molecule has 1 aromatic rings. The first-order valence-electron chi connectivity index (χ1n) is 2.92. The van der Waals surface area contributed by atoms with Gasteiger partial charge in [-0.15, -0.1) is 11.3 Å². The second kappa shape index (κ2) is 2.75. The third-order valence-corrected chi connectivity index (χ3v) is 3.12. The number of carbonyl (C=O) groups is 1. The van der Waals surface area contributed by atoms with Crippen LogP contribution in [0.25, 0.3) is 0 Å². The van der Waals surface area contributed by atoms with Crippen molar-refractivity contribution >= 4 is 29.5 Å². The summed E-state index contributed by atoms with van der Waals surface area (Å²) in [4.78, 5) is 10.6. The van der Waals surface area contributed by atoms with E-state index in [0.29, 0.717) is 9.65 Å². The first-order chi connectivity index (χ1) is 5.04. The molecule has 0 saturated heterocycles. The average molecular weight is 188 g/mol. The molecule has 0 fully saturated rings. The predicted molar refractivity (Wildman–Crippen MR) is 43.2 cm³/mol. The van der Waals surface area contributed by atoms with E-state index < -0.39 is 5.97 Å². The van der Waals surface area contributed by atoms with Crippen molar-refractivity contribution in [2.45, 2.75) is 6.92 Å². The third kappa shape index (κ3) is 1.34. The van der Waals surface area contributed by atoms with Crippen LogP contribution in [0.1, 0.15) is 15.4 Å². The predicted octanol–water partition coefficient (Wildman–Crippen LogP) is 0.488. The van der Waals surface area contributed by atoms with Crippen LogP contribution in [0.2, 0.25) is 0 Å². The van der Waals surface area contributed by atoms with Gasteiger partial charge in [-0.1, -0.05) is 0 Å². The fourth-order valence-corrected chi connectivity index (χ4v) is 1.91. The molecule has 1 rings (SSSR count). The van der Waals surface area contributed by atoms with E-state index in [1.807, 2.05) is 0 Å². The maximum atomic E-state index is 10.4. The maximum Gasteiger partial charge on any atom is 0.161 e. The Labute approximate surface area is 72.9 Å². The standard InChI is InChI=1S/C6H7NO2S2/c1-3-4(5(8)9)11-6(10)7(3)2/h1-2H3,(H,8,9)/p-1. The van der Waals surface area contributed by atoms with Gasteiger partial charge >= 0.3 is 0 Å². The Morgan fingerprint density at radius 3 is 2.45 bits per heavy atom. The van der Waals surface area contributed by atoms with Gasteiger partial charge in [0.25, 0.3) is 0 Å². The molecule has 0 radical (unpaired) electrons. The quantitative estimate of drug-likeness (QED) is 0.602. The molecule has 0 bridgehead atoms. The largest absolute Gasteiger partial charge is 0.544 e. The normalized spacial score (nSPS) is 10.0. The van der Waals surface area contributed by atoms with Gasteiger partial charge in [-0.2, -0.15) is 0 Å². The minimum Gasteiger partial charge on any atom is -0.544 e. The van der Waals surface area contributed by atoms with E-state index in [1.54, 1.807) is 18.5 Å². The van der Waals surface area contributed by atoms with Crippen molar-refractivity contribution < 1.29 is 9.90 Å². The van der Waals surface area contributed by atoms with Crippen LogP contribution in [-0.4, -0.2) is 10.5 Å². The first-order valence-corrected chi connectivity index (χ1v) is 4.14. The molecule has 60 valence electrons. The summed E-state index contributed by atoms with van der Waals surface area (Å²) >= 11 is 5.94. The summed E-state index contributed by atoms with van der Waals surface area (Å²) in [5, 5.41) is 10.4. The van der Waals surface area contributed by atoms with Gasteiger partial charge in [0.15, 0.2) is 3.95 Å². The van der Waals surface area contributed by atoms with Gasteiger partial charge in [-0.05, 0) is 19.1 Å². The van der Waals surface area contributed by atoms with Crippen molar-refractivity contribution in [1.82, 2.24) is 4.57 Å². The lowest BCUT2D eigenvalue weighted by molar-refractivity contribution is -0.254. The summed E-state index contributed by atoms with van der Waals surface area (Å²) in [7, 11) is 1.74. The van der Waals surface area contributed by atoms with E-state index in [2.05, 4.69) is 0 Å². The minimum absolute atomic E-state index is 0.220. The highest BCUT2D eigenvalue weighted by atomic mass is 32.1. The topological polar surface area (TPSA) is 45.1 Å². The van der Waals surface area contributed by atoms with Crippen LogP contribution in [0.15, 0.2) is 0 Å². The lowest BCUT2D eigenvalue weighted by atomic mass is 10.4. The number of carbonyl (C=O) groups excluding carboxylic acids is 1. The Bertz CT molecular complexity index is 350. The molecule has 0 spiro atoms. The molecule has 3 nitrogen and oxygen atoms in total. The molecule has 0 amide bonds. The van der Waals surface area contributed by atoms with Crippen LogP contribution in [0.4, 0.5) is 0 Å². The van der Waals surface area contributed by atoms with Gasteiger partial charge in [-0.25, -0.2) is 0 Å². The molecule has 0 aromatic carbocycles. The number of carboxylic acid groups (broad SMARTS) is 1. The van der Waals surface area contributed by atoms with E-state index in [0.717, 1.165) is 11.3 Å². The van der Waals surface area contributed by atoms with Crippen molar-refractivity contribution in [3.63, 3.8) is 0 Å². The van der Waals surface area contributed by atoms with Gasteiger partial charge in [0.1, 0.15) is 0 Å². The van der Waals surface area contributed by atoms with Gasteiger partial charge in [0.2, 0.25) is 0 Å². The molecule has 1 heterocycles. The second-order valence-electron chi connectivity index (χ2n) is 2.13. The third-order valence-electron chi connectivity index (χ3n) is 1.48. The SMILES string of the molecule is Cc1c(C(=O)[O-])sc(=S)n1C. The summed E-state index contributed by atoms with van der Waals surface area (Å²) in [5.41, 5.74) is 0.653. The lowest BCUT2D eigenvalue weighted by Crippen LogP contribution is -2.22. The minimum atomic E-state index is -1.15. The highest BCUT2D eigenvalue weighted by Gasteiger charge is 2.05. The van der Waals surface area contributed by atoms with Crippen LogP contribution in [0, 0.1) is 10.9 Å². The Morgan fingerprint density at radius 2 is 2.27 bits per heavy atom. The highest BCUT2D eigenvalue weighted by Crippen LogP contribution is 2.15. The zero-order valence-electron chi connectivity index (χ0n) is 6.08. The number of aromatic carboxylic acids is 1.